The first kappa shape index (κ1) is 15.3. The Morgan fingerprint density at radius 3 is 2.47 bits per heavy atom. The number of alkyl halides is 1. The summed E-state index contributed by atoms with van der Waals surface area (Å²) in [4.78, 5) is 0. The van der Waals surface area contributed by atoms with Crippen molar-refractivity contribution in [3.05, 3.63) is 12.2 Å². The Morgan fingerprint density at radius 2 is 1.84 bits per heavy atom. The third-order valence-corrected chi connectivity index (χ3v) is 3.41. The van der Waals surface area contributed by atoms with Gasteiger partial charge in [0.15, 0.2) is 11.6 Å². The highest BCUT2D eigenvalue weighted by molar-refractivity contribution is 6.18. The van der Waals surface area contributed by atoms with Gasteiger partial charge < -0.3 is 18.9 Å². The molecule has 0 radical (unpaired) electrons. The van der Waals surface area contributed by atoms with Gasteiger partial charge in [0.2, 0.25) is 0 Å². The molecule has 2 rings (SSSR count). The second-order valence-electron chi connectivity index (χ2n) is 5.84. The van der Waals surface area contributed by atoms with Crippen molar-refractivity contribution in [2.45, 2.75) is 64.0 Å². The zero-order valence-corrected chi connectivity index (χ0v) is 12.8. The molecular formula is C14H23ClO4. The van der Waals surface area contributed by atoms with E-state index in [4.69, 9.17) is 30.5 Å². The zero-order valence-electron chi connectivity index (χ0n) is 12.0. The van der Waals surface area contributed by atoms with Crippen LogP contribution in [0.15, 0.2) is 12.2 Å². The molecule has 0 saturated carbocycles. The van der Waals surface area contributed by atoms with Crippen LogP contribution in [0, 0.1) is 0 Å². The lowest BCUT2D eigenvalue weighted by Gasteiger charge is -2.38. The van der Waals surface area contributed by atoms with Crippen LogP contribution in [0.4, 0.5) is 0 Å². The molecule has 0 aliphatic carbocycles. The van der Waals surface area contributed by atoms with Gasteiger partial charge in [-0.25, -0.2) is 0 Å². The Bertz CT molecular complexity index is 340. The predicted molar refractivity (Wildman–Crippen MR) is 73.2 cm³/mol. The van der Waals surface area contributed by atoms with Gasteiger partial charge in [-0.3, -0.25) is 0 Å². The van der Waals surface area contributed by atoms with Crippen LogP contribution >= 0.6 is 11.6 Å². The summed E-state index contributed by atoms with van der Waals surface area (Å²) in [5.74, 6) is -0.704. The van der Waals surface area contributed by atoms with E-state index >= 15 is 0 Å². The summed E-state index contributed by atoms with van der Waals surface area (Å²) in [7, 11) is 0. The summed E-state index contributed by atoms with van der Waals surface area (Å²) >= 11 is 5.70. The van der Waals surface area contributed by atoms with Crippen LogP contribution in [0.2, 0.25) is 0 Å². The number of halogens is 1. The number of ether oxygens (including phenoxy) is 4. The Morgan fingerprint density at radius 1 is 1.11 bits per heavy atom. The predicted octanol–water partition coefficient (Wildman–Crippen LogP) is 2.84. The molecule has 19 heavy (non-hydrogen) atoms. The van der Waals surface area contributed by atoms with Gasteiger partial charge in [-0.1, -0.05) is 12.2 Å². The van der Waals surface area contributed by atoms with Gasteiger partial charge in [-0.15, -0.1) is 11.6 Å². The van der Waals surface area contributed by atoms with Gasteiger partial charge in [0, 0.05) is 5.88 Å². The Balaban J connectivity index is 2.09. The van der Waals surface area contributed by atoms with Crippen molar-refractivity contribution < 1.29 is 18.9 Å². The van der Waals surface area contributed by atoms with E-state index in [-0.39, 0.29) is 18.3 Å². The molecule has 2 saturated heterocycles. The fourth-order valence-corrected chi connectivity index (χ4v) is 2.65. The summed E-state index contributed by atoms with van der Waals surface area (Å²) in [5, 5.41) is 0. The quantitative estimate of drug-likeness (QED) is 0.592. The van der Waals surface area contributed by atoms with Gasteiger partial charge in [0.1, 0.15) is 12.2 Å². The zero-order chi connectivity index (χ0) is 14.1. The Kier molecular flexibility index (Phi) is 4.58. The molecule has 0 aromatic rings. The molecule has 2 fully saturated rings. The number of allylic oxidation sites excluding steroid dienone is 1. The van der Waals surface area contributed by atoms with E-state index in [1.807, 2.05) is 39.8 Å². The third-order valence-electron chi connectivity index (χ3n) is 3.23. The highest BCUT2D eigenvalue weighted by Gasteiger charge is 2.47. The Labute approximate surface area is 120 Å². The van der Waals surface area contributed by atoms with Gasteiger partial charge in [0.25, 0.3) is 0 Å². The van der Waals surface area contributed by atoms with Crippen molar-refractivity contribution in [3.8, 4) is 0 Å². The minimum Gasteiger partial charge on any atom is -0.350 e. The maximum absolute atomic E-state index is 5.99. The van der Waals surface area contributed by atoms with Crippen LogP contribution < -0.4 is 0 Å². The topological polar surface area (TPSA) is 36.9 Å². The van der Waals surface area contributed by atoms with Crippen molar-refractivity contribution in [2.75, 3.05) is 12.5 Å². The molecule has 0 N–H and O–H groups in total. The van der Waals surface area contributed by atoms with Gasteiger partial charge >= 0.3 is 0 Å². The smallest absolute Gasteiger partial charge is 0.164 e. The van der Waals surface area contributed by atoms with Gasteiger partial charge in [-0.05, 0) is 34.1 Å². The molecule has 0 unspecified atom stereocenters. The van der Waals surface area contributed by atoms with Crippen molar-refractivity contribution in [2.24, 2.45) is 0 Å². The molecule has 2 aliphatic rings. The van der Waals surface area contributed by atoms with Crippen LogP contribution in [0.1, 0.15) is 34.1 Å². The van der Waals surface area contributed by atoms with Crippen molar-refractivity contribution in [1.29, 1.82) is 0 Å². The highest BCUT2D eigenvalue weighted by atomic mass is 35.5. The maximum atomic E-state index is 5.99. The standard InChI is InChI=1S/C14H23ClO4/c1-13(2)16-9-7-11(17-13)12-10(6-5-8-15)18-14(3,4)19-12/h5-6,10-12H,7-9H2,1-4H3/b6-5+/t10-,11+,12+/m0/s1. The van der Waals surface area contributed by atoms with E-state index in [9.17, 15) is 0 Å². The average Bonchev–Trinajstić information content (AvgIpc) is 2.61. The Hall–Kier alpha value is -0.130. The summed E-state index contributed by atoms with van der Waals surface area (Å²) in [5.41, 5.74) is 0. The lowest BCUT2D eigenvalue weighted by atomic mass is 10.0. The first-order chi connectivity index (χ1) is 8.83. The first-order valence-electron chi connectivity index (χ1n) is 6.73. The van der Waals surface area contributed by atoms with Crippen LogP contribution in [0.25, 0.3) is 0 Å². The fourth-order valence-electron chi connectivity index (χ4n) is 2.55. The molecular weight excluding hydrogens is 268 g/mol. The third kappa shape index (κ3) is 3.92. The molecule has 2 aliphatic heterocycles. The van der Waals surface area contributed by atoms with Gasteiger partial charge in [-0.2, -0.15) is 0 Å². The van der Waals surface area contributed by atoms with Crippen LogP contribution in [-0.4, -0.2) is 42.4 Å². The van der Waals surface area contributed by atoms with E-state index < -0.39 is 11.6 Å². The molecule has 2 heterocycles. The second kappa shape index (κ2) is 5.70. The van der Waals surface area contributed by atoms with Crippen LogP contribution in [-0.2, 0) is 18.9 Å². The molecule has 3 atom stereocenters. The first-order valence-corrected chi connectivity index (χ1v) is 7.26. The molecule has 0 bridgehead atoms. The minimum atomic E-state index is -0.599. The number of rotatable bonds is 3. The summed E-state index contributed by atoms with van der Waals surface area (Å²) < 4.78 is 23.4. The molecule has 5 heteroatoms. The van der Waals surface area contributed by atoms with Crippen molar-refractivity contribution in [3.63, 3.8) is 0 Å². The molecule has 0 amide bonds. The van der Waals surface area contributed by atoms with Crippen LogP contribution in [0.5, 0.6) is 0 Å². The molecule has 0 spiro atoms. The molecule has 4 nitrogen and oxygen atoms in total. The van der Waals surface area contributed by atoms with Crippen molar-refractivity contribution in [1.82, 2.24) is 0 Å². The van der Waals surface area contributed by atoms with Gasteiger partial charge in [0.05, 0.1) is 12.7 Å². The van der Waals surface area contributed by atoms with E-state index in [0.29, 0.717) is 12.5 Å². The normalized spacial score (nSPS) is 37.8. The maximum Gasteiger partial charge on any atom is 0.164 e. The highest BCUT2D eigenvalue weighted by Crippen LogP contribution is 2.35. The minimum absolute atomic E-state index is 0.0319. The lowest BCUT2D eigenvalue weighted by Crippen LogP contribution is -2.47. The van der Waals surface area contributed by atoms with Crippen LogP contribution in [0.3, 0.4) is 0 Å². The van der Waals surface area contributed by atoms with E-state index in [1.165, 1.54) is 0 Å². The molecule has 110 valence electrons. The second-order valence-corrected chi connectivity index (χ2v) is 6.15. The SMILES string of the molecule is CC1(C)O[C@@H]([C@H]2CCOC(C)(C)O2)[C@H](/C=C/CCl)O1. The van der Waals surface area contributed by atoms with E-state index in [0.717, 1.165) is 6.42 Å². The molecule has 0 aromatic carbocycles. The monoisotopic (exact) mass is 290 g/mol. The van der Waals surface area contributed by atoms with Crippen molar-refractivity contribution >= 4 is 11.6 Å². The summed E-state index contributed by atoms with van der Waals surface area (Å²) in [6.45, 7) is 8.34. The van der Waals surface area contributed by atoms with E-state index in [1.54, 1.807) is 0 Å². The average molecular weight is 291 g/mol. The molecule has 0 aromatic heterocycles. The lowest BCUT2D eigenvalue weighted by molar-refractivity contribution is -0.292. The number of hydrogen-bond donors (Lipinski definition) is 0. The largest absolute Gasteiger partial charge is 0.350 e. The fraction of sp³-hybridized carbons (Fsp3) is 0.857. The number of hydrogen-bond acceptors (Lipinski definition) is 4. The summed E-state index contributed by atoms with van der Waals surface area (Å²) in [6, 6.07) is 0. The summed E-state index contributed by atoms with van der Waals surface area (Å²) in [6.07, 6.45) is 4.35. The van der Waals surface area contributed by atoms with E-state index in [2.05, 4.69) is 0 Å².